The van der Waals surface area contributed by atoms with Crippen LogP contribution in [0.1, 0.15) is 14.7 Å². The fourth-order valence-corrected chi connectivity index (χ4v) is 1.08. The van der Waals surface area contributed by atoms with Crippen molar-refractivity contribution in [1.82, 2.24) is 4.98 Å². The van der Waals surface area contributed by atoms with Crippen LogP contribution in [0.15, 0.2) is 6.20 Å². The topological polar surface area (TPSA) is 50.2 Å². The Morgan fingerprint density at radius 3 is 2.60 bits per heavy atom. The Hall–Kier alpha value is -0.610. The Bertz CT molecular complexity index is 235. The zero-order valence-electron chi connectivity index (χ0n) is 5.20. The Balaban J connectivity index is 0.000000810. The van der Waals surface area contributed by atoms with E-state index >= 15 is 0 Å². The summed E-state index contributed by atoms with van der Waals surface area (Å²) in [4.78, 5) is 14.3. The molecule has 0 amide bonds. The molecule has 0 bridgehead atoms. The van der Waals surface area contributed by atoms with E-state index in [1.807, 2.05) is 0 Å². The van der Waals surface area contributed by atoms with Gasteiger partial charge in [-0.15, -0.1) is 23.7 Å². The normalized spacial score (nSPS) is 8.50. The van der Waals surface area contributed by atoms with Gasteiger partial charge in [-0.25, -0.2) is 9.78 Å². The second-order valence-corrected chi connectivity index (χ2v) is 2.78. The summed E-state index contributed by atoms with van der Waals surface area (Å²) in [5.41, 5.74) is 0. The van der Waals surface area contributed by atoms with Crippen LogP contribution in [0.3, 0.4) is 0 Å². The highest BCUT2D eigenvalue weighted by Gasteiger charge is 2.04. The second kappa shape index (κ2) is 3.53. The van der Waals surface area contributed by atoms with Crippen LogP contribution in [-0.2, 0) is 0 Å². The summed E-state index contributed by atoms with van der Waals surface area (Å²) >= 11 is 1.19. The molecule has 0 aliphatic rings. The number of thiazole rings is 1. The molecule has 1 rings (SSSR count). The van der Waals surface area contributed by atoms with E-state index in [1.165, 1.54) is 17.5 Å². The van der Waals surface area contributed by atoms with E-state index in [0.29, 0.717) is 4.88 Å². The number of halogens is 1. The molecule has 56 valence electrons. The molecule has 1 heterocycles. The van der Waals surface area contributed by atoms with Gasteiger partial charge in [0.15, 0.2) is 0 Å². The molecule has 1 aromatic rings. The molecule has 0 saturated carbocycles. The van der Waals surface area contributed by atoms with Gasteiger partial charge < -0.3 is 5.11 Å². The van der Waals surface area contributed by atoms with E-state index in [4.69, 9.17) is 5.11 Å². The van der Waals surface area contributed by atoms with Crippen LogP contribution in [0, 0.1) is 6.92 Å². The van der Waals surface area contributed by atoms with E-state index in [9.17, 15) is 4.79 Å². The molecule has 10 heavy (non-hydrogen) atoms. The van der Waals surface area contributed by atoms with E-state index in [2.05, 4.69) is 4.98 Å². The minimum Gasteiger partial charge on any atom is -0.477 e. The first-order valence-electron chi connectivity index (χ1n) is 2.36. The van der Waals surface area contributed by atoms with Crippen molar-refractivity contribution in [2.24, 2.45) is 0 Å². The monoisotopic (exact) mass is 179 g/mol. The van der Waals surface area contributed by atoms with E-state index in [-0.39, 0.29) is 12.4 Å². The zero-order valence-corrected chi connectivity index (χ0v) is 6.83. The SMILES string of the molecule is Cc1ncc(C(=O)O)s1.Cl. The largest absolute Gasteiger partial charge is 0.477 e. The summed E-state index contributed by atoms with van der Waals surface area (Å²) in [7, 11) is 0. The van der Waals surface area contributed by atoms with Gasteiger partial charge in [0.05, 0.1) is 11.2 Å². The summed E-state index contributed by atoms with van der Waals surface area (Å²) in [6, 6.07) is 0. The summed E-state index contributed by atoms with van der Waals surface area (Å²) < 4.78 is 0. The minimum absolute atomic E-state index is 0. The molecule has 0 atom stereocenters. The average Bonchev–Trinajstić information content (AvgIpc) is 2.14. The van der Waals surface area contributed by atoms with Gasteiger partial charge in [-0.3, -0.25) is 0 Å². The van der Waals surface area contributed by atoms with Gasteiger partial charge in [-0.2, -0.15) is 0 Å². The van der Waals surface area contributed by atoms with Crippen LogP contribution >= 0.6 is 23.7 Å². The molecule has 1 N–H and O–H groups in total. The highest BCUT2D eigenvalue weighted by atomic mass is 35.5. The molecular weight excluding hydrogens is 174 g/mol. The van der Waals surface area contributed by atoms with Crippen LogP contribution in [0.2, 0.25) is 0 Å². The van der Waals surface area contributed by atoms with Crippen molar-refractivity contribution in [3.05, 3.63) is 16.1 Å². The van der Waals surface area contributed by atoms with Crippen molar-refractivity contribution in [2.45, 2.75) is 6.92 Å². The summed E-state index contributed by atoms with van der Waals surface area (Å²) in [6.07, 6.45) is 1.36. The number of rotatable bonds is 1. The third-order valence-electron chi connectivity index (χ3n) is 0.832. The van der Waals surface area contributed by atoms with Crippen LogP contribution in [0.25, 0.3) is 0 Å². The first-order chi connectivity index (χ1) is 4.20. The van der Waals surface area contributed by atoms with Crippen LogP contribution in [-0.4, -0.2) is 16.1 Å². The maximum absolute atomic E-state index is 10.2. The molecular formula is C5H6ClNO2S. The van der Waals surface area contributed by atoms with Crippen molar-refractivity contribution in [3.63, 3.8) is 0 Å². The third kappa shape index (κ3) is 1.97. The highest BCUT2D eigenvalue weighted by molar-refractivity contribution is 7.13. The number of hydrogen-bond acceptors (Lipinski definition) is 3. The van der Waals surface area contributed by atoms with Gasteiger partial charge in [-0.05, 0) is 6.92 Å². The first-order valence-corrected chi connectivity index (χ1v) is 3.17. The molecule has 3 nitrogen and oxygen atoms in total. The molecule has 0 fully saturated rings. The number of carboxylic acids is 1. The molecule has 0 radical (unpaired) electrons. The third-order valence-corrected chi connectivity index (χ3v) is 1.73. The van der Waals surface area contributed by atoms with Crippen molar-refractivity contribution in [2.75, 3.05) is 0 Å². The lowest BCUT2D eigenvalue weighted by atomic mass is 10.6. The predicted molar refractivity (Wildman–Crippen MR) is 41.1 cm³/mol. The van der Waals surface area contributed by atoms with Gasteiger partial charge in [-0.1, -0.05) is 0 Å². The molecule has 0 aliphatic heterocycles. The fourth-order valence-electron chi connectivity index (χ4n) is 0.460. The van der Waals surface area contributed by atoms with Crippen LogP contribution in [0.5, 0.6) is 0 Å². The standard InChI is InChI=1S/C5H5NO2S.ClH/c1-3-6-2-4(9-3)5(7)8;/h2H,1H3,(H,7,8);1H. The van der Waals surface area contributed by atoms with Crippen molar-refractivity contribution >= 4 is 29.7 Å². The molecule has 0 aliphatic carbocycles. The molecule has 0 unspecified atom stereocenters. The number of carboxylic acid groups (broad SMARTS) is 1. The van der Waals surface area contributed by atoms with Gasteiger partial charge in [0.1, 0.15) is 4.88 Å². The number of hydrogen-bond donors (Lipinski definition) is 1. The lowest BCUT2D eigenvalue weighted by Gasteiger charge is -1.78. The van der Waals surface area contributed by atoms with Gasteiger partial charge in [0, 0.05) is 0 Å². The number of aryl methyl sites for hydroxylation is 1. The van der Waals surface area contributed by atoms with E-state index < -0.39 is 5.97 Å². The van der Waals surface area contributed by atoms with E-state index in [1.54, 1.807) is 6.92 Å². The maximum Gasteiger partial charge on any atom is 0.347 e. The second-order valence-electron chi connectivity index (χ2n) is 1.55. The lowest BCUT2D eigenvalue weighted by Crippen LogP contribution is -1.89. The molecule has 1 aromatic heterocycles. The summed E-state index contributed by atoms with van der Waals surface area (Å²) in [6.45, 7) is 1.77. The Morgan fingerprint density at radius 1 is 1.80 bits per heavy atom. The van der Waals surface area contributed by atoms with E-state index in [0.717, 1.165) is 5.01 Å². The van der Waals surface area contributed by atoms with Gasteiger partial charge in [0.2, 0.25) is 0 Å². The van der Waals surface area contributed by atoms with Gasteiger partial charge in [0.25, 0.3) is 0 Å². The molecule has 5 heteroatoms. The number of nitrogens with zero attached hydrogens (tertiary/aromatic N) is 1. The Labute approximate surface area is 68.1 Å². The lowest BCUT2D eigenvalue weighted by molar-refractivity contribution is 0.0702. The van der Waals surface area contributed by atoms with Gasteiger partial charge >= 0.3 is 5.97 Å². The zero-order chi connectivity index (χ0) is 6.85. The maximum atomic E-state index is 10.2. The Morgan fingerprint density at radius 2 is 2.40 bits per heavy atom. The molecule has 0 aromatic carbocycles. The number of carbonyl (C=O) groups is 1. The molecule has 0 saturated heterocycles. The van der Waals surface area contributed by atoms with Crippen molar-refractivity contribution < 1.29 is 9.90 Å². The smallest absolute Gasteiger partial charge is 0.347 e. The predicted octanol–water partition coefficient (Wildman–Crippen LogP) is 1.57. The average molecular weight is 180 g/mol. The summed E-state index contributed by atoms with van der Waals surface area (Å²) in [5, 5.41) is 9.15. The fraction of sp³-hybridized carbons (Fsp3) is 0.200. The number of aromatic carboxylic acids is 1. The van der Waals surface area contributed by atoms with Crippen molar-refractivity contribution in [3.8, 4) is 0 Å². The number of aromatic nitrogens is 1. The van der Waals surface area contributed by atoms with Crippen LogP contribution in [0.4, 0.5) is 0 Å². The highest BCUT2D eigenvalue weighted by Crippen LogP contribution is 2.10. The Kier molecular flexibility index (Phi) is 3.32. The minimum atomic E-state index is -0.902. The van der Waals surface area contributed by atoms with Crippen molar-refractivity contribution in [1.29, 1.82) is 0 Å². The first kappa shape index (κ1) is 9.39. The van der Waals surface area contributed by atoms with Crippen LogP contribution < -0.4 is 0 Å². The molecule has 0 spiro atoms. The quantitative estimate of drug-likeness (QED) is 0.712. The summed E-state index contributed by atoms with van der Waals surface area (Å²) in [5.74, 6) is -0.902.